The van der Waals surface area contributed by atoms with Crippen LogP contribution in [0.15, 0.2) is 52.9 Å². The first-order valence-electron chi connectivity index (χ1n) is 10.4. The van der Waals surface area contributed by atoms with Crippen LogP contribution in [0.25, 0.3) is 11.0 Å². The van der Waals surface area contributed by atoms with E-state index in [1.807, 2.05) is 24.5 Å². The van der Waals surface area contributed by atoms with Gasteiger partial charge in [0.05, 0.1) is 4.92 Å². The summed E-state index contributed by atoms with van der Waals surface area (Å²) >= 11 is 1.57. The molecular weight excluding hydrogens is 446 g/mol. The summed E-state index contributed by atoms with van der Waals surface area (Å²) in [4.78, 5) is 39.3. The first-order chi connectivity index (χ1) is 16.0. The van der Waals surface area contributed by atoms with E-state index in [-0.39, 0.29) is 24.0 Å². The van der Waals surface area contributed by atoms with Gasteiger partial charge in [0, 0.05) is 60.7 Å². The van der Waals surface area contributed by atoms with E-state index in [4.69, 9.17) is 9.15 Å². The Labute approximate surface area is 194 Å². The Morgan fingerprint density at radius 3 is 2.45 bits per heavy atom. The minimum Gasteiger partial charge on any atom is -0.450 e. The second-order valence-electron chi connectivity index (χ2n) is 7.56. The van der Waals surface area contributed by atoms with Crippen LogP contribution in [0.4, 0.5) is 11.4 Å². The maximum absolute atomic E-state index is 12.7. The number of ether oxygens (including phenoxy) is 1. The number of non-ortho nitro benzene ring substituents is 1. The van der Waals surface area contributed by atoms with Crippen LogP contribution in [0.2, 0.25) is 0 Å². The number of carbonyl (C=O) groups excluding carboxylic acids is 2. The zero-order valence-corrected chi connectivity index (χ0v) is 18.9. The number of furan rings is 1. The summed E-state index contributed by atoms with van der Waals surface area (Å²) in [5, 5.41) is 11.7. The average molecular weight is 470 g/mol. The summed E-state index contributed by atoms with van der Waals surface area (Å²) in [6.07, 6.45) is 1.94. The number of benzene rings is 2. The molecule has 4 rings (SSSR count). The number of esters is 1. The molecule has 1 aliphatic rings. The SMILES string of the molecule is CSCc1c(C(=O)OCC(=O)N2CCN(c3ccc([N+](=O)[O-])cc3)CC2)oc2ccccc12. The molecule has 1 aromatic heterocycles. The van der Waals surface area contributed by atoms with Crippen LogP contribution < -0.4 is 4.90 Å². The Kier molecular flexibility index (Phi) is 6.83. The summed E-state index contributed by atoms with van der Waals surface area (Å²) in [6.45, 7) is 1.75. The first-order valence-corrected chi connectivity index (χ1v) is 11.8. The first kappa shape index (κ1) is 22.7. The number of thioether (sulfide) groups is 1. The number of nitro groups is 1. The molecule has 0 unspecified atom stereocenters. The molecule has 1 saturated heterocycles. The monoisotopic (exact) mass is 469 g/mol. The predicted molar refractivity (Wildman–Crippen MR) is 126 cm³/mol. The molecule has 1 amide bonds. The van der Waals surface area contributed by atoms with E-state index in [1.54, 1.807) is 34.9 Å². The fraction of sp³-hybridized carbons (Fsp3) is 0.304. The highest BCUT2D eigenvalue weighted by Crippen LogP contribution is 2.29. The van der Waals surface area contributed by atoms with Crippen LogP contribution in [-0.2, 0) is 15.3 Å². The molecule has 0 saturated carbocycles. The van der Waals surface area contributed by atoms with Crippen molar-refractivity contribution in [2.45, 2.75) is 5.75 Å². The normalized spacial score (nSPS) is 13.8. The Morgan fingerprint density at radius 1 is 1.09 bits per heavy atom. The summed E-state index contributed by atoms with van der Waals surface area (Å²) in [6, 6.07) is 13.8. The maximum atomic E-state index is 12.7. The maximum Gasteiger partial charge on any atom is 0.375 e. The number of amides is 1. The molecule has 0 bridgehead atoms. The van der Waals surface area contributed by atoms with Crippen LogP contribution in [0.5, 0.6) is 0 Å². The number of nitrogens with zero attached hydrogens (tertiary/aromatic N) is 3. The quantitative estimate of drug-likeness (QED) is 0.293. The van der Waals surface area contributed by atoms with E-state index in [2.05, 4.69) is 4.90 Å². The van der Waals surface area contributed by atoms with E-state index in [9.17, 15) is 19.7 Å². The van der Waals surface area contributed by atoms with Crippen molar-refractivity contribution in [1.29, 1.82) is 0 Å². The standard InChI is InChI=1S/C23H23N3O6S/c1-33-15-19-18-4-2-3-5-20(18)32-22(19)23(28)31-14-21(27)25-12-10-24(11-13-25)16-6-8-17(9-7-16)26(29)30/h2-9H,10-15H2,1H3. The molecule has 1 fully saturated rings. The number of para-hydroxylation sites is 1. The lowest BCUT2D eigenvalue weighted by Crippen LogP contribution is -2.49. The Balaban J connectivity index is 1.32. The fourth-order valence-electron chi connectivity index (χ4n) is 3.83. The highest BCUT2D eigenvalue weighted by Gasteiger charge is 2.25. The lowest BCUT2D eigenvalue weighted by atomic mass is 10.1. The van der Waals surface area contributed by atoms with Crippen LogP contribution in [0.3, 0.4) is 0 Å². The highest BCUT2D eigenvalue weighted by molar-refractivity contribution is 7.97. The van der Waals surface area contributed by atoms with Crippen molar-refractivity contribution < 1.29 is 23.7 Å². The molecule has 10 heteroatoms. The van der Waals surface area contributed by atoms with Gasteiger partial charge in [0.25, 0.3) is 11.6 Å². The molecule has 1 aliphatic heterocycles. The van der Waals surface area contributed by atoms with Crippen LogP contribution in [-0.4, -0.2) is 60.7 Å². The van der Waals surface area contributed by atoms with Gasteiger partial charge in [-0.25, -0.2) is 4.79 Å². The van der Waals surface area contributed by atoms with Crippen LogP contribution in [0, 0.1) is 10.1 Å². The van der Waals surface area contributed by atoms with Crippen molar-refractivity contribution in [3.05, 3.63) is 70.0 Å². The topological polar surface area (TPSA) is 106 Å². The smallest absolute Gasteiger partial charge is 0.375 e. The van der Waals surface area contributed by atoms with Gasteiger partial charge in [-0.05, 0) is 24.5 Å². The molecule has 0 aliphatic carbocycles. The number of piperazine rings is 1. The average Bonchev–Trinajstić information content (AvgIpc) is 3.21. The van der Waals surface area contributed by atoms with Gasteiger partial charge in [-0.2, -0.15) is 11.8 Å². The number of fused-ring (bicyclic) bond motifs is 1. The van der Waals surface area contributed by atoms with Crippen molar-refractivity contribution >= 4 is 46.0 Å². The molecule has 9 nitrogen and oxygen atoms in total. The minimum atomic E-state index is -0.645. The number of nitro benzene ring substituents is 1. The number of anilines is 1. The second-order valence-corrected chi connectivity index (χ2v) is 8.42. The van der Waals surface area contributed by atoms with Gasteiger partial charge in [-0.3, -0.25) is 14.9 Å². The molecule has 2 aromatic carbocycles. The molecule has 172 valence electrons. The van der Waals surface area contributed by atoms with Gasteiger partial charge in [-0.15, -0.1) is 0 Å². The van der Waals surface area contributed by atoms with Crippen molar-refractivity contribution in [2.24, 2.45) is 0 Å². The number of rotatable bonds is 7. The fourth-order valence-corrected chi connectivity index (χ4v) is 4.41. The predicted octanol–water partition coefficient (Wildman–Crippen LogP) is 3.71. The van der Waals surface area contributed by atoms with Gasteiger partial charge in [0.2, 0.25) is 5.76 Å². The number of hydrogen-bond acceptors (Lipinski definition) is 8. The molecule has 0 atom stereocenters. The van der Waals surface area contributed by atoms with Gasteiger partial charge in [-0.1, -0.05) is 18.2 Å². The van der Waals surface area contributed by atoms with Crippen molar-refractivity contribution in [3.63, 3.8) is 0 Å². The van der Waals surface area contributed by atoms with Crippen molar-refractivity contribution in [3.8, 4) is 0 Å². The summed E-state index contributed by atoms with van der Waals surface area (Å²) in [5.74, 6) is -0.177. The molecule has 0 N–H and O–H groups in total. The van der Waals surface area contributed by atoms with E-state index in [0.29, 0.717) is 37.5 Å². The third-order valence-electron chi connectivity index (χ3n) is 5.56. The third kappa shape index (κ3) is 4.95. The van der Waals surface area contributed by atoms with Gasteiger partial charge < -0.3 is 19.0 Å². The molecule has 0 radical (unpaired) electrons. The molecular formula is C23H23N3O6S. The van der Waals surface area contributed by atoms with E-state index in [1.165, 1.54) is 12.1 Å². The van der Waals surface area contributed by atoms with Gasteiger partial charge in [0.15, 0.2) is 6.61 Å². The lowest BCUT2D eigenvalue weighted by Gasteiger charge is -2.36. The number of hydrogen-bond donors (Lipinski definition) is 0. The lowest BCUT2D eigenvalue weighted by molar-refractivity contribution is -0.384. The highest BCUT2D eigenvalue weighted by atomic mass is 32.2. The molecule has 2 heterocycles. The Bertz CT molecular complexity index is 1170. The zero-order chi connectivity index (χ0) is 23.4. The van der Waals surface area contributed by atoms with E-state index < -0.39 is 10.9 Å². The molecule has 33 heavy (non-hydrogen) atoms. The van der Waals surface area contributed by atoms with Gasteiger partial charge >= 0.3 is 5.97 Å². The third-order valence-corrected chi connectivity index (χ3v) is 6.13. The largest absolute Gasteiger partial charge is 0.450 e. The van der Waals surface area contributed by atoms with E-state index >= 15 is 0 Å². The zero-order valence-electron chi connectivity index (χ0n) is 18.1. The van der Waals surface area contributed by atoms with Gasteiger partial charge in [0.1, 0.15) is 5.58 Å². The van der Waals surface area contributed by atoms with Crippen LogP contribution >= 0.6 is 11.8 Å². The van der Waals surface area contributed by atoms with Crippen LogP contribution in [0.1, 0.15) is 16.1 Å². The van der Waals surface area contributed by atoms with Crippen molar-refractivity contribution in [2.75, 3.05) is 43.9 Å². The Morgan fingerprint density at radius 2 is 1.79 bits per heavy atom. The molecule has 0 spiro atoms. The summed E-state index contributed by atoms with van der Waals surface area (Å²) in [5.41, 5.74) is 2.29. The van der Waals surface area contributed by atoms with E-state index in [0.717, 1.165) is 16.6 Å². The second kappa shape index (κ2) is 9.95. The van der Waals surface area contributed by atoms with Crippen molar-refractivity contribution in [1.82, 2.24) is 4.90 Å². The summed E-state index contributed by atoms with van der Waals surface area (Å²) < 4.78 is 11.0. The Hall–Kier alpha value is -3.53. The minimum absolute atomic E-state index is 0.0412. The molecule has 3 aromatic rings. The number of carbonyl (C=O) groups is 2. The summed E-state index contributed by atoms with van der Waals surface area (Å²) in [7, 11) is 0.